The number of hydrogen-bond acceptors (Lipinski definition) is 3. The normalized spacial score (nSPS) is 24.1. The second-order valence-corrected chi connectivity index (χ2v) is 4.50. The highest BCUT2D eigenvalue weighted by molar-refractivity contribution is 5.22. The molecule has 1 fully saturated rings. The Hall–Kier alpha value is -0.970. The Bertz CT molecular complexity index is 356. The Morgan fingerprint density at radius 2 is 2.18 bits per heavy atom. The first-order valence-corrected chi connectivity index (χ1v) is 6.27. The second kappa shape index (κ2) is 6.10. The van der Waals surface area contributed by atoms with Gasteiger partial charge in [-0.15, -0.1) is 0 Å². The van der Waals surface area contributed by atoms with Crippen LogP contribution in [0.1, 0.15) is 31.4 Å². The van der Waals surface area contributed by atoms with Gasteiger partial charge in [-0.25, -0.2) is 9.82 Å². The summed E-state index contributed by atoms with van der Waals surface area (Å²) in [5.41, 5.74) is 7.12. The van der Waals surface area contributed by atoms with Crippen molar-refractivity contribution in [3.05, 3.63) is 35.6 Å². The van der Waals surface area contributed by atoms with E-state index >= 15 is 0 Å². The van der Waals surface area contributed by atoms with Crippen molar-refractivity contribution in [3.8, 4) is 0 Å². The maximum atomic E-state index is 13.6. The van der Waals surface area contributed by atoms with Crippen LogP contribution in [0, 0.1) is 5.82 Å². The van der Waals surface area contributed by atoms with E-state index in [2.05, 4.69) is 23.1 Å². The lowest BCUT2D eigenvalue weighted by Crippen LogP contribution is -2.38. The molecule has 94 valence electrons. The van der Waals surface area contributed by atoms with Gasteiger partial charge in [-0.05, 0) is 25.5 Å². The number of benzene rings is 1. The minimum absolute atomic E-state index is 0.0737. The summed E-state index contributed by atoms with van der Waals surface area (Å²) in [4.78, 5) is 0. The van der Waals surface area contributed by atoms with Crippen molar-refractivity contribution in [1.82, 2.24) is 16.2 Å². The lowest BCUT2D eigenvalue weighted by Gasteiger charge is -2.11. The maximum absolute atomic E-state index is 13.6. The van der Waals surface area contributed by atoms with Gasteiger partial charge in [0, 0.05) is 18.2 Å². The van der Waals surface area contributed by atoms with Gasteiger partial charge < -0.3 is 5.32 Å². The number of hydrazine groups is 1. The summed E-state index contributed by atoms with van der Waals surface area (Å²) in [5.74, 6) is -0.131. The molecule has 0 radical (unpaired) electrons. The molecule has 1 aromatic rings. The molecule has 2 unspecified atom stereocenters. The average molecular weight is 237 g/mol. The second-order valence-electron chi connectivity index (χ2n) is 4.50. The molecule has 0 aliphatic carbocycles. The molecule has 3 nitrogen and oxygen atoms in total. The number of halogens is 1. The molecule has 0 bridgehead atoms. The van der Waals surface area contributed by atoms with E-state index in [0.717, 1.165) is 31.5 Å². The zero-order valence-corrected chi connectivity index (χ0v) is 10.2. The van der Waals surface area contributed by atoms with Crippen molar-refractivity contribution in [3.63, 3.8) is 0 Å². The third-order valence-corrected chi connectivity index (χ3v) is 3.08. The number of nitrogens with one attached hydrogen (secondary N) is 3. The zero-order chi connectivity index (χ0) is 12.1. The van der Waals surface area contributed by atoms with Gasteiger partial charge in [0.2, 0.25) is 0 Å². The molecule has 1 aliphatic heterocycles. The lowest BCUT2D eigenvalue weighted by molar-refractivity contribution is 0.502. The fraction of sp³-hybridized carbons (Fsp3) is 0.538. The van der Waals surface area contributed by atoms with E-state index in [9.17, 15) is 4.39 Å². The summed E-state index contributed by atoms with van der Waals surface area (Å²) in [5, 5.41) is 3.37. The molecule has 2 atom stereocenters. The van der Waals surface area contributed by atoms with Crippen LogP contribution in [-0.2, 0) is 0 Å². The van der Waals surface area contributed by atoms with Gasteiger partial charge in [-0.3, -0.25) is 5.43 Å². The van der Waals surface area contributed by atoms with Gasteiger partial charge in [0.05, 0.1) is 6.04 Å². The van der Waals surface area contributed by atoms with Crippen molar-refractivity contribution >= 4 is 0 Å². The molecule has 17 heavy (non-hydrogen) atoms. The van der Waals surface area contributed by atoms with E-state index in [1.807, 2.05) is 12.1 Å². The van der Waals surface area contributed by atoms with Gasteiger partial charge in [0.25, 0.3) is 0 Å². The Kier molecular flexibility index (Phi) is 4.48. The molecule has 3 N–H and O–H groups in total. The summed E-state index contributed by atoms with van der Waals surface area (Å²) in [7, 11) is 0. The highest BCUT2D eigenvalue weighted by Gasteiger charge is 2.26. The molecule has 1 saturated heterocycles. The molecule has 4 heteroatoms. The molecule has 0 aromatic heterocycles. The van der Waals surface area contributed by atoms with E-state index in [1.165, 1.54) is 6.07 Å². The van der Waals surface area contributed by atoms with Crippen LogP contribution in [0.25, 0.3) is 0 Å². The first-order chi connectivity index (χ1) is 8.31. The van der Waals surface area contributed by atoms with Crippen molar-refractivity contribution in [2.24, 2.45) is 0 Å². The van der Waals surface area contributed by atoms with Crippen LogP contribution >= 0.6 is 0 Å². The maximum Gasteiger partial charge on any atom is 0.128 e. The molecule has 0 amide bonds. The van der Waals surface area contributed by atoms with Crippen molar-refractivity contribution in [1.29, 1.82) is 0 Å². The molecule has 1 aromatic carbocycles. The smallest absolute Gasteiger partial charge is 0.128 e. The molecular formula is C13H20FN3. The Morgan fingerprint density at radius 1 is 1.35 bits per heavy atom. The van der Waals surface area contributed by atoms with E-state index in [4.69, 9.17) is 0 Å². The van der Waals surface area contributed by atoms with E-state index in [1.54, 1.807) is 6.07 Å². The summed E-state index contributed by atoms with van der Waals surface area (Å²) in [6.07, 6.45) is 2.05. The van der Waals surface area contributed by atoms with Gasteiger partial charge >= 0.3 is 0 Å². The summed E-state index contributed by atoms with van der Waals surface area (Å²) >= 11 is 0. The zero-order valence-electron chi connectivity index (χ0n) is 10.2. The van der Waals surface area contributed by atoms with Crippen molar-refractivity contribution in [2.75, 3.05) is 13.1 Å². The number of hydrogen-bond donors (Lipinski definition) is 3. The fourth-order valence-corrected chi connectivity index (χ4v) is 2.17. The molecule has 2 rings (SSSR count). The van der Waals surface area contributed by atoms with Gasteiger partial charge in [-0.1, -0.05) is 25.1 Å². The molecular weight excluding hydrogens is 217 g/mol. The van der Waals surface area contributed by atoms with Crippen molar-refractivity contribution in [2.45, 2.75) is 31.8 Å². The molecule has 0 saturated carbocycles. The summed E-state index contributed by atoms with van der Waals surface area (Å²) in [6, 6.07) is 7.40. The van der Waals surface area contributed by atoms with Crippen LogP contribution in [0.15, 0.2) is 24.3 Å². The largest absolute Gasteiger partial charge is 0.315 e. The predicted molar refractivity (Wildman–Crippen MR) is 67.0 cm³/mol. The average Bonchev–Trinajstić information content (AvgIpc) is 2.79. The quantitative estimate of drug-likeness (QED) is 0.683. The SMILES string of the molecule is CCCNCC1CC(c2ccccc2F)NN1. The van der Waals surface area contributed by atoms with Crippen LogP contribution in [0.2, 0.25) is 0 Å². The lowest BCUT2D eigenvalue weighted by atomic mass is 10.0. The van der Waals surface area contributed by atoms with Gasteiger partial charge in [-0.2, -0.15) is 0 Å². The van der Waals surface area contributed by atoms with E-state index in [0.29, 0.717) is 6.04 Å². The first kappa shape index (κ1) is 12.5. The molecule has 0 spiro atoms. The highest BCUT2D eigenvalue weighted by Crippen LogP contribution is 2.23. The molecule has 1 aliphatic rings. The summed E-state index contributed by atoms with van der Waals surface area (Å²) < 4.78 is 13.6. The third kappa shape index (κ3) is 3.25. The van der Waals surface area contributed by atoms with Gasteiger partial charge in [0.1, 0.15) is 5.82 Å². The minimum atomic E-state index is -0.131. The van der Waals surface area contributed by atoms with Crippen molar-refractivity contribution < 1.29 is 4.39 Å². The standard InChI is InChI=1S/C13H20FN3/c1-2-7-15-9-10-8-13(17-16-10)11-5-3-4-6-12(11)14/h3-6,10,13,15-17H,2,7-9H2,1H3. The topological polar surface area (TPSA) is 36.1 Å². The van der Waals surface area contributed by atoms with Crippen LogP contribution in [0.3, 0.4) is 0 Å². The Balaban J connectivity index is 1.87. The predicted octanol–water partition coefficient (Wildman–Crippen LogP) is 1.73. The highest BCUT2D eigenvalue weighted by atomic mass is 19.1. The minimum Gasteiger partial charge on any atom is -0.315 e. The fourth-order valence-electron chi connectivity index (χ4n) is 2.17. The van der Waals surface area contributed by atoms with Crippen LogP contribution in [0.5, 0.6) is 0 Å². The summed E-state index contributed by atoms with van der Waals surface area (Å²) in [6.45, 7) is 4.10. The Labute approximate surface area is 102 Å². The monoisotopic (exact) mass is 237 g/mol. The Morgan fingerprint density at radius 3 is 2.94 bits per heavy atom. The number of rotatable bonds is 5. The van der Waals surface area contributed by atoms with Crippen LogP contribution < -0.4 is 16.2 Å². The third-order valence-electron chi connectivity index (χ3n) is 3.08. The van der Waals surface area contributed by atoms with E-state index in [-0.39, 0.29) is 11.9 Å². The first-order valence-electron chi connectivity index (χ1n) is 6.27. The molecule has 1 heterocycles. The van der Waals surface area contributed by atoms with Crippen LogP contribution in [0.4, 0.5) is 4.39 Å². The van der Waals surface area contributed by atoms with Gasteiger partial charge in [0.15, 0.2) is 0 Å². The van der Waals surface area contributed by atoms with E-state index < -0.39 is 0 Å². The van der Waals surface area contributed by atoms with Crippen LogP contribution in [-0.4, -0.2) is 19.1 Å².